The molecule has 0 aliphatic carbocycles. The summed E-state index contributed by atoms with van der Waals surface area (Å²) in [5.74, 6) is 1.01. The Morgan fingerprint density at radius 3 is 2.47 bits per heavy atom. The average Bonchev–Trinajstić information content (AvgIpc) is 2.46. The zero-order chi connectivity index (χ0) is 13.5. The van der Waals surface area contributed by atoms with Gasteiger partial charge < -0.3 is 14.5 Å². The molecular weight excluding hydrogens is 351 g/mol. The van der Waals surface area contributed by atoms with Crippen molar-refractivity contribution in [2.24, 2.45) is 0 Å². The smallest absolute Gasteiger partial charge is 0.132 e. The van der Waals surface area contributed by atoms with E-state index in [1.807, 2.05) is 18.2 Å². The molecule has 0 N–H and O–H groups in total. The molecule has 106 valence electrons. The minimum absolute atomic E-state index is 0.813. The van der Waals surface area contributed by atoms with E-state index in [1.165, 1.54) is 36.3 Å². The predicted molar refractivity (Wildman–Crippen MR) is 87.8 cm³/mol. The third kappa shape index (κ3) is 4.93. The van der Waals surface area contributed by atoms with E-state index in [-0.39, 0.29) is 0 Å². The van der Waals surface area contributed by atoms with Crippen molar-refractivity contribution in [3.05, 3.63) is 27.8 Å². The summed E-state index contributed by atoms with van der Waals surface area (Å²) in [5.41, 5.74) is 0. The lowest BCUT2D eigenvalue weighted by Gasteiger charge is -2.33. The van der Waals surface area contributed by atoms with Gasteiger partial charge in [-0.25, -0.2) is 0 Å². The van der Waals surface area contributed by atoms with Crippen molar-refractivity contribution in [2.45, 2.75) is 13.3 Å². The maximum absolute atomic E-state index is 5.83. The summed E-state index contributed by atoms with van der Waals surface area (Å²) < 4.78 is 7.02. The van der Waals surface area contributed by atoms with Crippen LogP contribution in [-0.2, 0) is 0 Å². The maximum Gasteiger partial charge on any atom is 0.132 e. The fourth-order valence-corrected chi connectivity index (χ4v) is 2.90. The zero-order valence-corrected chi connectivity index (χ0v) is 13.8. The van der Waals surface area contributed by atoms with E-state index in [0.717, 1.165) is 25.3 Å². The van der Waals surface area contributed by atoms with Crippen LogP contribution in [0.3, 0.4) is 0 Å². The first kappa shape index (κ1) is 15.1. The Hall–Kier alpha value is -0.330. The minimum Gasteiger partial charge on any atom is -0.492 e. The van der Waals surface area contributed by atoms with Gasteiger partial charge in [0.1, 0.15) is 5.75 Å². The summed E-state index contributed by atoms with van der Waals surface area (Å²) in [6.07, 6.45) is 1.11. The quantitative estimate of drug-likeness (QED) is 0.563. The van der Waals surface area contributed by atoms with Gasteiger partial charge in [0.25, 0.3) is 0 Å². The van der Waals surface area contributed by atoms with Crippen molar-refractivity contribution in [3.63, 3.8) is 0 Å². The van der Waals surface area contributed by atoms with Gasteiger partial charge in [-0.2, -0.15) is 0 Å². The number of ether oxygens (including phenoxy) is 1. The third-order valence-corrected chi connectivity index (χ3v) is 4.52. The number of nitrogens with zero attached hydrogens (tertiary/aromatic N) is 2. The first-order valence-electron chi connectivity index (χ1n) is 7.11. The summed E-state index contributed by atoms with van der Waals surface area (Å²) in [6, 6.07) is 8.20. The molecule has 1 aliphatic rings. The predicted octanol–water partition coefficient (Wildman–Crippen LogP) is 2.70. The summed E-state index contributed by atoms with van der Waals surface area (Å²) in [4.78, 5) is 5.06. The number of piperazine rings is 1. The molecule has 0 aromatic heterocycles. The molecule has 0 bridgehead atoms. The Labute approximate surface area is 130 Å². The van der Waals surface area contributed by atoms with Crippen LogP contribution in [-0.4, -0.2) is 55.7 Å². The van der Waals surface area contributed by atoms with E-state index in [9.17, 15) is 0 Å². The van der Waals surface area contributed by atoms with Gasteiger partial charge in [0.15, 0.2) is 0 Å². The number of benzene rings is 1. The summed E-state index contributed by atoms with van der Waals surface area (Å²) >= 11 is 2.32. The molecule has 4 heteroatoms. The van der Waals surface area contributed by atoms with E-state index in [1.54, 1.807) is 0 Å². The molecule has 1 saturated heterocycles. The van der Waals surface area contributed by atoms with Crippen LogP contribution in [0.25, 0.3) is 0 Å². The van der Waals surface area contributed by atoms with Crippen LogP contribution in [0, 0.1) is 3.57 Å². The van der Waals surface area contributed by atoms with Crippen LogP contribution < -0.4 is 4.74 Å². The van der Waals surface area contributed by atoms with E-state index in [4.69, 9.17) is 4.74 Å². The number of hydrogen-bond acceptors (Lipinski definition) is 3. The average molecular weight is 374 g/mol. The van der Waals surface area contributed by atoms with Crippen molar-refractivity contribution in [1.82, 2.24) is 9.80 Å². The van der Waals surface area contributed by atoms with Crippen LogP contribution in [0.2, 0.25) is 0 Å². The topological polar surface area (TPSA) is 15.7 Å². The van der Waals surface area contributed by atoms with E-state index in [2.05, 4.69) is 45.4 Å². The third-order valence-electron chi connectivity index (χ3n) is 3.63. The van der Waals surface area contributed by atoms with E-state index < -0.39 is 0 Å². The molecule has 1 aromatic carbocycles. The van der Waals surface area contributed by atoms with Gasteiger partial charge in [0.05, 0.1) is 10.2 Å². The lowest BCUT2D eigenvalue weighted by molar-refractivity contribution is 0.130. The number of rotatable bonds is 6. The lowest BCUT2D eigenvalue weighted by Crippen LogP contribution is -2.46. The van der Waals surface area contributed by atoms with Gasteiger partial charge in [-0.3, -0.25) is 0 Å². The van der Waals surface area contributed by atoms with E-state index >= 15 is 0 Å². The summed E-state index contributed by atoms with van der Waals surface area (Å²) in [5, 5.41) is 0. The van der Waals surface area contributed by atoms with Gasteiger partial charge in [-0.15, -0.1) is 0 Å². The van der Waals surface area contributed by atoms with E-state index in [0.29, 0.717) is 0 Å². The van der Waals surface area contributed by atoms with Crippen molar-refractivity contribution in [3.8, 4) is 5.75 Å². The molecule has 2 rings (SSSR count). The highest BCUT2D eigenvalue weighted by atomic mass is 127. The molecular formula is C15H23IN2O. The summed E-state index contributed by atoms with van der Waals surface area (Å²) in [7, 11) is 0. The standard InChI is InChI=1S/C15H23IN2O/c1-2-17-9-11-18(12-10-17)8-5-13-19-15-7-4-3-6-14(15)16/h3-4,6-7H,2,5,8-13H2,1H3. The molecule has 19 heavy (non-hydrogen) atoms. The van der Waals surface area contributed by atoms with Gasteiger partial charge in [-0.05, 0) is 47.7 Å². The molecule has 0 unspecified atom stereocenters. The van der Waals surface area contributed by atoms with Gasteiger partial charge in [0.2, 0.25) is 0 Å². The fraction of sp³-hybridized carbons (Fsp3) is 0.600. The van der Waals surface area contributed by atoms with Crippen molar-refractivity contribution in [1.29, 1.82) is 0 Å². The molecule has 0 spiro atoms. The van der Waals surface area contributed by atoms with Gasteiger partial charge >= 0.3 is 0 Å². The van der Waals surface area contributed by atoms with Crippen LogP contribution in [0.5, 0.6) is 5.75 Å². The highest BCUT2D eigenvalue weighted by molar-refractivity contribution is 14.1. The fourth-order valence-electron chi connectivity index (χ4n) is 2.36. The number of para-hydroxylation sites is 1. The molecule has 0 saturated carbocycles. The minimum atomic E-state index is 0.813. The summed E-state index contributed by atoms with van der Waals surface area (Å²) in [6.45, 7) is 10.2. The second kappa shape index (κ2) is 8.07. The lowest BCUT2D eigenvalue weighted by atomic mass is 10.3. The molecule has 0 radical (unpaired) electrons. The molecule has 1 aromatic rings. The number of halogens is 1. The monoisotopic (exact) mass is 374 g/mol. The Bertz CT molecular complexity index is 378. The molecule has 3 nitrogen and oxygen atoms in total. The molecule has 1 heterocycles. The second-order valence-corrected chi connectivity index (χ2v) is 6.07. The van der Waals surface area contributed by atoms with Crippen molar-refractivity contribution < 1.29 is 4.74 Å². The molecule has 0 atom stereocenters. The first-order valence-corrected chi connectivity index (χ1v) is 8.19. The van der Waals surface area contributed by atoms with Gasteiger partial charge in [-0.1, -0.05) is 19.1 Å². The maximum atomic E-state index is 5.83. The highest BCUT2D eigenvalue weighted by Crippen LogP contribution is 2.19. The molecule has 0 amide bonds. The Morgan fingerprint density at radius 1 is 1.11 bits per heavy atom. The second-order valence-electron chi connectivity index (χ2n) is 4.91. The first-order chi connectivity index (χ1) is 9.29. The Kier molecular flexibility index (Phi) is 6.40. The molecule has 1 aliphatic heterocycles. The molecule has 1 fully saturated rings. The highest BCUT2D eigenvalue weighted by Gasteiger charge is 2.14. The number of hydrogen-bond donors (Lipinski definition) is 0. The normalized spacial score (nSPS) is 17.6. The van der Waals surface area contributed by atoms with Gasteiger partial charge in [0, 0.05) is 32.7 Å². The SMILES string of the molecule is CCN1CCN(CCCOc2ccccc2I)CC1. The van der Waals surface area contributed by atoms with Crippen LogP contribution >= 0.6 is 22.6 Å². The van der Waals surface area contributed by atoms with Crippen LogP contribution in [0.1, 0.15) is 13.3 Å². The van der Waals surface area contributed by atoms with Crippen LogP contribution in [0.4, 0.5) is 0 Å². The number of likely N-dealkylation sites (N-methyl/N-ethyl adjacent to an activating group) is 1. The largest absolute Gasteiger partial charge is 0.492 e. The van der Waals surface area contributed by atoms with Crippen molar-refractivity contribution >= 4 is 22.6 Å². The van der Waals surface area contributed by atoms with Crippen LogP contribution in [0.15, 0.2) is 24.3 Å². The Balaban J connectivity index is 1.61. The zero-order valence-electron chi connectivity index (χ0n) is 11.6. The van der Waals surface area contributed by atoms with Crippen molar-refractivity contribution in [2.75, 3.05) is 45.9 Å². The Morgan fingerprint density at radius 2 is 1.79 bits per heavy atom.